The molecule has 1 heterocycles. The minimum Gasteiger partial charge on any atom is -0.211 e. The van der Waals surface area contributed by atoms with E-state index in [9.17, 15) is 4.79 Å². The summed E-state index contributed by atoms with van der Waals surface area (Å²) in [5, 5.41) is 0.817. The van der Waals surface area contributed by atoms with E-state index in [0.29, 0.717) is 0 Å². The predicted molar refractivity (Wildman–Crippen MR) is 48.7 cm³/mol. The van der Waals surface area contributed by atoms with E-state index in [2.05, 4.69) is 4.99 Å². The number of fused-ring (bicyclic) bond motifs is 1. The molecule has 0 N–H and O–H groups in total. The van der Waals surface area contributed by atoms with E-state index in [-0.39, 0.29) is 0 Å². The van der Waals surface area contributed by atoms with Gasteiger partial charge in [0.25, 0.3) is 0 Å². The summed E-state index contributed by atoms with van der Waals surface area (Å²) < 4.78 is 0. The summed E-state index contributed by atoms with van der Waals surface area (Å²) >= 11 is 1.63. The number of hydrogen-bond acceptors (Lipinski definition) is 3. The molecule has 0 saturated heterocycles. The number of hydrogen-bond donors (Lipinski definition) is 0. The Bertz CT molecular complexity index is 313. The van der Waals surface area contributed by atoms with Crippen molar-refractivity contribution in [2.75, 3.05) is 0 Å². The topological polar surface area (TPSA) is 29.4 Å². The van der Waals surface area contributed by atoms with Crippen molar-refractivity contribution < 1.29 is 4.79 Å². The van der Waals surface area contributed by atoms with Crippen LogP contribution in [0, 0.1) is 0 Å². The van der Waals surface area contributed by atoms with Crippen LogP contribution in [0.5, 0.6) is 0 Å². The molecule has 0 fully saturated rings. The van der Waals surface area contributed by atoms with Crippen molar-refractivity contribution in [1.29, 1.82) is 0 Å². The van der Waals surface area contributed by atoms with E-state index in [0.717, 1.165) is 17.8 Å². The van der Waals surface area contributed by atoms with Gasteiger partial charge in [-0.25, -0.2) is 4.79 Å². The zero-order valence-electron chi connectivity index (χ0n) is 6.67. The highest BCUT2D eigenvalue weighted by molar-refractivity contribution is 7.16. The van der Waals surface area contributed by atoms with Gasteiger partial charge in [-0.1, -0.05) is 0 Å². The molecule has 0 aromatic carbocycles. The number of nitrogens with zero attached hydrogens (tertiary/aromatic N) is 1. The lowest BCUT2D eigenvalue weighted by atomic mass is 10.00. The highest BCUT2D eigenvalue weighted by Crippen LogP contribution is 2.34. The molecule has 0 atom stereocenters. The summed E-state index contributed by atoms with van der Waals surface area (Å²) in [7, 11) is 0. The molecular formula is C9H9NOS. The van der Waals surface area contributed by atoms with E-state index in [1.807, 2.05) is 6.07 Å². The molecular weight excluding hydrogens is 170 g/mol. The first kappa shape index (κ1) is 7.71. The molecule has 1 aliphatic carbocycles. The molecule has 0 bridgehead atoms. The third-order valence-corrected chi connectivity index (χ3v) is 3.27. The van der Waals surface area contributed by atoms with Crippen LogP contribution >= 0.6 is 11.3 Å². The Morgan fingerprint density at radius 2 is 2.25 bits per heavy atom. The molecule has 0 amide bonds. The number of carbonyl (C=O) groups excluding carboxylic acids is 1. The summed E-state index contributed by atoms with van der Waals surface area (Å²) in [5.74, 6) is 0. The highest BCUT2D eigenvalue weighted by atomic mass is 32.1. The third kappa shape index (κ3) is 1.33. The summed E-state index contributed by atoms with van der Waals surface area (Å²) in [5.41, 5.74) is 1.39. The molecule has 0 aliphatic heterocycles. The Morgan fingerprint density at radius 1 is 1.42 bits per heavy atom. The van der Waals surface area contributed by atoms with E-state index in [1.54, 1.807) is 17.4 Å². The maximum atomic E-state index is 10.0. The predicted octanol–water partition coefficient (Wildman–Crippen LogP) is 2.59. The first-order chi connectivity index (χ1) is 5.90. The highest BCUT2D eigenvalue weighted by Gasteiger charge is 2.12. The van der Waals surface area contributed by atoms with Crippen molar-refractivity contribution in [3.05, 3.63) is 16.5 Å². The molecule has 12 heavy (non-hydrogen) atoms. The molecule has 0 radical (unpaired) electrons. The Kier molecular flexibility index (Phi) is 2.07. The van der Waals surface area contributed by atoms with Gasteiger partial charge < -0.3 is 0 Å². The fourth-order valence-electron chi connectivity index (χ4n) is 1.58. The average molecular weight is 179 g/mol. The van der Waals surface area contributed by atoms with Crippen LogP contribution in [0.4, 0.5) is 5.00 Å². The van der Waals surface area contributed by atoms with Crippen LogP contribution in [0.1, 0.15) is 23.3 Å². The second kappa shape index (κ2) is 3.21. The average Bonchev–Trinajstić information content (AvgIpc) is 2.47. The monoisotopic (exact) mass is 179 g/mol. The van der Waals surface area contributed by atoms with Gasteiger partial charge in [0.2, 0.25) is 6.08 Å². The van der Waals surface area contributed by atoms with E-state index in [1.165, 1.54) is 23.3 Å². The minimum atomic E-state index is 0.817. The fraction of sp³-hybridized carbons (Fsp3) is 0.444. The van der Waals surface area contributed by atoms with Crippen LogP contribution < -0.4 is 0 Å². The molecule has 2 nitrogen and oxygen atoms in total. The van der Waals surface area contributed by atoms with E-state index in [4.69, 9.17) is 0 Å². The third-order valence-electron chi connectivity index (χ3n) is 2.14. The summed E-state index contributed by atoms with van der Waals surface area (Å²) in [6, 6.07) is 2.02. The standard InChI is InChI=1S/C9H9NOS/c11-6-10-9-5-7-3-1-2-4-8(7)12-9/h5H,1-4H2. The van der Waals surface area contributed by atoms with Gasteiger partial charge in [-0.05, 0) is 37.3 Å². The van der Waals surface area contributed by atoms with Crippen molar-refractivity contribution in [3.63, 3.8) is 0 Å². The van der Waals surface area contributed by atoms with Gasteiger partial charge in [-0.3, -0.25) is 0 Å². The lowest BCUT2D eigenvalue weighted by Gasteiger charge is -2.08. The quantitative estimate of drug-likeness (QED) is 0.481. The molecule has 0 saturated carbocycles. The first-order valence-corrected chi connectivity index (χ1v) is 4.91. The van der Waals surface area contributed by atoms with Gasteiger partial charge in [0.05, 0.1) is 0 Å². The molecule has 1 aromatic rings. The Labute approximate surface area is 74.9 Å². The summed E-state index contributed by atoms with van der Waals surface area (Å²) in [6.07, 6.45) is 6.44. The molecule has 2 rings (SSSR count). The van der Waals surface area contributed by atoms with Gasteiger partial charge in [0.15, 0.2) is 0 Å². The summed E-state index contributed by atoms with van der Waals surface area (Å²) in [4.78, 5) is 15.0. The number of aliphatic imine (C=N–C) groups is 1. The van der Waals surface area contributed by atoms with Crippen LogP contribution in [-0.4, -0.2) is 6.08 Å². The van der Waals surface area contributed by atoms with Crippen molar-refractivity contribution in [1.82, 2.24) is 0 Å². The first-order valence-electron chi connectivity index (χ1n) is 4.09. The Hall–Kier alpha value is -0.920. The number of thiophene rings is 1. The number of isocyanates is 1. The summed E-state index contributed by atoms with van der Waals surface area (Å²) in [6.45, 7) is 0. The maximum Gasteiger partial charge on any atom is 0.241 e. The van der Waals surface area contributed by atoms with Crippen molar-refractivity contribution in [2.45, 2.75) is 25.7 Å². The van der Waals surface area contributed by atoms with Crippen LogP contribution in [0.25, 0.3) is 0 Å². The van der Waals surface area contributed by atoms with Crippen LogP contribution in [0.2, 0.25) is 0 Å². The second-order valence-electron chi connectivity index (χ2n) is 2.94. The van der Waals surface area contributed by atoms with E-state index >= 15 is 0 Å². The van der Waals surface area contributed by atoms with Gasteiger partial charge in [-0.2, -0.15) is 4.99 Å². The van der Waals surface area contributed by atoms with Crippen LogP contribution in [0.3, 0.4) is 0 Å². The fourth-order valence-corrected chi connectivity index (χ4v) is 2.65. The molecule has 3 heteroatoms. The van der Waals surface area contributed by atoms with Gasteiger partial charge in [0, 0.05) is 4.88 Å². The van der Waals surface area contributed by atoms with Gasteiger partial charge >= 0.3 is 0 Å². The van der Waals surface area contributed by atoms with Crippen LogP contribution in [0.15, 0.2) is 11.1 Å². The molecule has 0 unspecified atom stereocenters. The van der Waals surface area contributed by atoms with Crippen LogP contribution in [-0.2, 0) is 17.6 Å². The molecule has 0 spiro atoms. The number of aryl methyl sites for hydroxylation is 2. The zero-order chi connectivity index (χ0) is 8.39. The van der Waals surface area contributed by atoms with Crippen molar-refractivity contribution in [2.24, 2.45) is 4.99 Å². The number of rotatable bonds is 1. The lowest BCUT2D eigenvalue weighted by Crippen LogP contribution is -1.96. The lowest BCUT2D eigenvalue weighted by molar-refractivity contribution is 0.565. The Morgan fingerprint density at radius 3 is 3.00 bits per heavy atom. The molecule has 1 aromatic heterocycles. The second-order valence-corrected chi connectivity index (χ2v) is 4.06. The van der Waals surface area contributed by atoms with Gasteiger partial charge in [0.1, 0.15) is 5.00 Å². The smallest absolute Gasteiger partial charge is 0.211 e. The molecule has 1 aliphatic rings. The SMILES string of the molecule is O=C=Nc1cc2c(s1)CCCC2. The normalized spacial score (nSPS) is 15.0. The molecule has 62 valence electrons. The van der Waals surface area contributed by atoms with Crippen molar-refractivity contribution >= 4 is 22.4 Å². The van der Waals surface area contributed by atoms with Gasteiger partial charge in [-0.15, -0.1) is 11.3 Å². The Balaban J connectivity index is 2.37. The van der Waals surface area contributed by atoms with Crippen molar-refractivity contribution in [3.8, 4) is 0 Å². The van der Waals surface area contributed by atoms with E-state index < -0.39 is 0 Å². The largest absolute Gasteiger partial charge is 0.241 e. The maximum absolute atomic E-state index is 10.0. The minimum absolute atomic E-state index is 0.817. The zero-order valence-corrected chi connectivity index (χ0v) is 7.49.